The smallest absolute Gasteiger partial charge is 0.327 e. The van der Waals surface area contributed by atoms with E-state index in [0.717, 1.165) is 16.8 Å². The molecule has 0 bridgehead atoms. The van der Waals surface area contributed by atoms with Gasteiger partial charge in [0, 0.05) is 5.69 Å². The zero-order chi connectivity index (χ0) is 12.3. The summed E-state index contributed by atoms with van der Waals surface area (Å²) in [4.78, 5) is 11.3. The van der Waals surface area contributed by atoms with Crippen LogP contribution in [0.4, 0.5) is 5.69 Å². The van der Waals surface area contributed by atoms with Crippen LogP contribution in [0.2, 0.25) is 0 Å². The zero-order valence-electron chi connectivity index (χ0n) is 10.5. The van der Waals surface area contributed by atoms with Crippen LogP contribution in [0.5, 0.6) is 0 Å². The number of carbonyl (C=O) groups is 1. The molecule has 0 amide bonds. The molecule has 1 rings (SSSR count). The van der Waals surface area contributed by atoms with Crippen LogP contribution < -0.4 is 5.32 Å². The van der Waals surface area contributed by atoms with E-state index >= 15 is 0 Å². The monoisotopic (exact) mass is 221 g/mol. The van der Waals surface area contributed by atoms with Crippen molar-refractivity contribution in [3.63, 3.8) is 0 Å². The Morgan fingerprint density at radius 3 is 2.19 bits per heavy atom. The molecule has 0 fully saturated rings. The summed E-state index contributed by atoms with van der Waals surface area (Å²) < 4.78 is 4.69. The lowest BCUT2D eigenvalue weighted by Crippen LogP contribution is -2.27. The molecule has 0 heterocycles. The number of benzene rings is 1. The predicted octanol–water partition coefficient (Wildman–Crippen LogP) is 2.59. The number of hydrogen-bond acceptors (Lipinski definition) is 3. The van der Waals surface area contributed by atoms with Gasteiger partial charge in [-0.3, -0.25) is 0 Å². The minimum absolute atomic E-state index is 0.251. The molecule has 1 atom stereocenters. The van der Waals surface area contributed by atoms with E-state index in [-0.39, 0.29) is 12.0 Å². The van der Waals surface area contributed by atoms with Gasteiger partial charge in [0.25, 0.3) is 0 Å². The van der Waals surface area contributed by atoms with Gasteiger partial charge in [-0.25, -0.2) is 4.79 Å². The van der Waals surface area contributed by atoms with Crippen molar-refractivity contribution in [3.05, 3.63) is 28.8 Å². The fraction of sp³-hybridized carbons (Fsp3) is 0.462. The molecule has 0 saturated heterocycles. The van der Waals surface area contributed by atoms with Crippen LogP contribution in [0, 0.1) is 20.8 Å². The summed E-state index contributed by atoms with van der Waals surface area (Å²) in [6, 6.07) is 3.86. The maximum Gasteiger partial charge on any atom is 0.327 e. The molecule has 0 spiro atoms. The van der Waals surface area contributed by atoms with Crippen LogP contribution in [0.25, 0.3) is 0 Å². The van der Waals surface area contributed by atoms with E-state index in [2.05, 4.69) is 29.1 Å². The standard InChI is InChI=1S/C13H19NO2/c1-8-6-9(2)12(10(3)7-8)14-11(4)13(15)16-5/h6-7,11,14H,1-5H3. The largest absolute Gasteiger partial charge is 0.467 e. The molecule has 0 aliphatic heterocycles. The third-order valence-corrected chi connectivity index (χ3v) is 2.59. The van der Waals surface area contributed by atoms with Crippen LogP contribution >= 0.6 is 0 Å². The molecule has 1 aromatic carbocycles. The SMILES string of the molecule is COC(=O)C(C)Nc1c(C)cc(C)cc1C. The van der Waals surface area contributed by atoms with Crippen molar-refractivity contribution < 1.29 is 9.53 Å². The van der Waals surface area contributed by atoms with Gasteiger partial charge >= 0.3 is 5.97 Å². The number of aryl methyl sites for hydroxylation is 3. The second-order valence-electron chi connectivity index (χ2n) is 4.16. The number of carbonyl (C=O) groups excluding carboxylic acids is 1. The fourth-order valence-electron chi connectivity index (χ4n) is 1.86. The van der Waals surface area contributed by atoms with Gasteiger partial charge in [-0.05, 0) is 38.8 Å². The minimum Gasteiger partial charge on any atom is -0.467 e. The molecule has 16 heavy (non-hydrogen) atoms. The van der Waals surface area contributed by atoms with Crippen molar-refractivity contribution in [1.82, 2.24) is 0 Å². The molecule has 0 aromatic heterocycles. The van der Waals surface area contributed by atoms with Gasteiger partial charge in [-0.15, -0.1) is 0 Å². The van der Waals surface area contributed by atoms with Gasteiger partial charge in [-0.2, -0.15) is 0 Å². The normalized spacial score (nSPS) is 12.1. The van der Waals surface area contributed by atoms with Gasteiger partial charge in [0.05, 0.1) is 7.11 Å². The number of nitrogens with one attached hydrogen (secondary N) is 1. The Balaban J connectivity index is 2.93. The molecule has 3 heteroatoms. The van der Waals surface area contributed by atoms with E-state index < -0.39 is 0 Å². The maximum atomic E-state index is 11.3. The molecule has 1 N–H and O–H groups in total. The summed E-state index contributed by atoms with van der Waals surface area (Å²) in [5.74, 6) is -0.251. The van der Waals surface area contributed by atoms with Gasteiger partial charge in [0.2, 0.25) is 0 Å². The average molecular weight is 221 g/mol. The molecule has 0 radical (unpaired) electrons. The van der Waals surface area contributed by atoms with E-state index in [1.165, 1.54) is 12.7 Å². The Kier molecular flexibility index (Phi) is 3.93. The highest BCUT2D eigenvalue weighted by Gasteiger charge is 2.14. The van der Waals surface area contributed by atoms with Crippen LogP contribution in [-0.2, 0) is 9.53 Å². The van der Waals surface area contributed by atoms with Crippen molar-refractivity contribution in [2.75, 3.05) is 12.4 Å². The molecule has 1 aromatic rings. The van der Waals surface area contributed by atoms with Crippen molar-refractivity contribution in [3.8, 4) is 0 Å². The van der Waals surface area contributed by atoms with Crippen molar-refractivity contribution in [2.24, 2.45) is 0 Å². The predicted molar refractivity (Wildman–Crippen MR) is 65.8 cm³/mol. The third kappa shape index (κ3) is 2.75. The second kappa shape index (κ2) is 5.01. The van der Waals surface area contributed by atoms with E-state index in [1.54, 1.807) is 6.92 Å². The summed E-state index contributed by atoms with van der Waals surface area (Å²) >= 11 is 0. The number of methoxy groups -OCH3 is 1. The van der Waals surface area contributed by atoms with Crippen LogP contribution in [0.1, 0.15) is 23.6 Å². The Labute approximate surface area is 96.8 Å². The summed E-state index contributed by atoms with van der Waals surface area (Å²) in [5.41, 5.74) is 4.54. The van der Waals surface area contributed by atoms with Crippen molar-refractivity contribution >= 4 is 11.7 Å². The Morgan fingerprint density at radius 2 is 1.75 bits per heavy atom. The van der Waals surface area contributed by atoms with Crippen LogP contribution in [-0.4, -0.2) is 19.1 Å². The minimum atomic E-state index is -0.329. The maximum absolute atomic E-state index is 11.3. The highest BCUT2D eigenvalue weighted by atomic mass is 16.5. The lowest BCUT2D eigenvalue weighted by Gasteiger charge is -2.17. The Bertz CT molecular complexity index is 376. The lowest BCUT2D eigenvalue weighted by molar-refractivity contribution is -0.141. The Hall–Kier alpha value is -1.51. The quantitative estimate of drug-likeness (QED) is 0.797. The first kappa shape index (κ1) is 12.6. The highest BCUT2D eigenvalue weighted by molar-refractivity contribution is 5.79. The van der Waals surface area contributed by atoms with E-state index in [9.17, 15) is 4.79 Å². The summed E-state index contributed by atoms with van der Waals surface area (Å²) in [6.07, 6.45) is 0. The van der Waals surface area contributed by atoms with Crippen molar-refractivity contribution in [2.45, 2.75) is 33.7 Å². The molecule has 3 nitrogen and oxygen atoms in total. The van der Waals surface area contributed by atoms with Gasteiger partial charge in [-0.1, -0.05) is 17.7 Å². The average Bonchev–Trinajstić information content (AvgIpc) is 2.21. The third-order valence-electron chi connectivity index (χ3n) is 2.59. The lowest BCUT2D eigenvalue weighted by atomic mass is 10.0. The van der Waals surface area contributed by atoms with Crippen LogP contribution in [0.3, 0.4) is 0 Å². The molecule has 0 saturated carbocycles. The Morgan fingerprint density at radius 1 is 1.25 bits per heavy atom. The first-order valence-electron chi connectivity index (χ1n) is 5.38. The van der Waals surface area contributed by atoms with Gasteiger partial charge in [0.15, 0.2) is 0 Å². The van der Waals surface area contributed by atoms with Gasteiger partial charge < -0.3 is 10.1 Å². The number of esters is 1. The number of anilines is 1. The molecular formula is C13H19NO2. The summed E-state index contributed by atoms with van der Waals surface area (Å²) in [5, 5.41) is 3.18. The molecule has 0 aliphatic carbocycles. The molecule has 1 unspecified atom stereocenters. The molecule has 88 valence electrons. The topological polar surface area (TPSA) is 38.3 Å². The van der Waals surface area contributed by atoms with E-state index in [1.807, 2.05) is 13.8 Å². The number of hydrogen-bond donors (Lipinski definition) is 1. The van der Waals surface area contributed by atoms with Crippen molar-refractivity contribution in [1.29, 1.82) is 0 Å². The zero-order valence-corrected chi connectivity index (χ0v) is 10.5. The van der Waals surface area contributed by atoms with Gasteiger partial charge in [0.1, 0.15) is 6.04 Å². The summed E-state index contributed by atoms with van der Waals surface area (Å²) in [6.45, 7) is 7.93. The number of ether oxygens (including phenoxy) is 1. The molecule has 0 aliphatic rings. The first-order valence-corrected chi connectivity index (χ1v) is 5.38. The highest BCUT2D eigenvalue weighted by Crippen LogP contribution is 2.22. The molecular weight excluding hydrogens is 202 g/mol. The number of rotatable bonds is 3. The second-order valence-corrected chi connectivity index (χ2v) is 4.16. The first-order chi connectivity index (χ1) is 7.45. The van der Waals surface area contributed by atoms with E-state index in [4.69, 9.17) is 0 Å². The fourth-order valence-corrected chi connectivity index (χ4v) is 1.86. The van der Waals surface area contributed by atoms with E-state index in [0.29, 0.717) is 0 Å². The summed E-state index contributed by atoms with van der Waals surface area (Å²) in [7, 11) is 1.40. The van der Waals surface area contributed by atoms with Crippen LogP contribution in [0.15, 0.2) is 12.1 Å².